The van der Waals surface area contributed by atoms with E-state index in [2.05, 4.69) is 5.32 Å². The van der Waals surface area contributed by atoms with Gasteiger partial charge in [-0.3, -0.25) is 4.79 Å². The van der Waals surface area contributed by atoms with Gasteiger partial charge in [-0.15, -0.1) is 0 Å². The van der Waals surface area contributed by atoms with Gasteiger partial charge in [0.1, 0.15) is 0 Å². The number of hydrogen-bond donors (Lipinski definition) is 1. The second-order valence-corrected chi connectivity index (χ2v) is 4.47. The Labute approximate surface area is 114 Å². The van der Waals surface area contributed by atoms with Gasteiger partial charge in [-0.05, 0) is 19.4 Å². The standard InChI is InChI=1S/C14H24N2O3/c1-12-5-6-13(11-15-7-10-19-3)14(17)16(12)8-4-9-18-2/h5-6,15H,4,7-11H2,1-3H3. The summed E-state index contributed by atoms with van der Waals surface area (Å²) in [4.78, 5) is 12.3. The normalized spacial score (nSPS) is 10.9. The van der Waals surface area contributed by atoms with Gasteiger partial charge >= 0.3 is 0 Å². The third-order valence-electron chi connectivity index (χ3n) is 3.00. The van der Waals surface area contributed by atoms with Crippen LogP contribution in [0.15, 0.2) is 16.9 Å². The zero-order chi connectivity index (χ0) is 14.1. The van der Waals surface area contributed by atoms with E-state index in [9.17, 15) is 4.79 Å². The molecular formula is C14H24N2O3. The molecule has 0 spiro atoms. The van der Waals surface area contributed by atoms with Crippen molar-refractivity contribution < 1.29 is 9.47 Å². The van der Waals surface area contributed by atoms with E-state index in [1.165, 1.54) is 0 Å². The summed E-state index contributed by atoms with van der Waals surface area (Å²) < 4.78 is 11.8. The molecule has 1 heterocycles. The first-order valence-electron chi connectivity index (χ1n) is 6.58. The number of hydrogen-bond acceptors (Lipinski definition) is 4. The minimum atomic E-state index is 0.0843. The molecule has 1 aromatic rings. The van der Waals surface area contributed by atoms with E-state index in [1.807, 2.05) is 23.6 Å². The zero-order valence-electron chi connectivity index (χ0n) is 12.1. The van der Waals surface area contributed by atoms with E-state index in [-0.39, 0.29) is 5.56 Å². The van der Waals surface area contributed by atoms with Crippen LogP contribution >= 0.6 is 0 Å². The Bertz CT molecular complexity index is 429. The van der Waals surface area contributed by atoms with Gasteiger partial charge in [0.2, 0.25) is 0 Å². The molecular weight excluding hydrogens is 244 g/mol. The Morgan fingerprint density at radius 3 is 2.63 bits per heavy atom. The van der Waals surface area contributed by atoms with E-state index in [4.69, 9.17) is 9.47 Å². The molecule has 0 aliphatic carbocycles. The quantitative estimate of drug-likeness (QED) is 0.677. The fourth-order valence-electron chi connectivity index (χ4n) is 1.89. The number of nitrogens with one attached hydrogen (secondary N) is 1. The van der Waals surface area contributed by atoms with Gasteiger partial charge in [0.15, 0.2) is 0 Å². The smallest absolute Gasteiger partial charge is 0.255 e. The fourth-order valence-corrected chi connectivity index (χ4v) is 1.89. The van der Waals surface area contributed by atoms with Crippen LogP contribution in [0.25, 0.3) is 0 Å². The molecule has 0 bridgehead atoms. The molecule has 5 heteroatoms. The van der Waals surface area contributed by atoms with Crippen molar-refractivity contribution in [2.75, 3.05) is 34.0 Å². The second kappa shape index (κ2) is 8.85. The number of ether oxygens (including phenoxy) is 2. The van der Waals surface area contributed by atoms with Crippen molar-refractivity contribution in [1.29, 1.82) is 0 Å². The van der Waals surface area contributed by atoms with Gasteiger partial charge in [-0.1, -0.05) is 6.07 Å². The molecule has 19 heavy (non-hydrogen) atoms. The average molecular weight is 268 g/mol. The number of rotatable bonds is 9. The molecule has 0 aliphatic heterocycles. The summed E-state index contributed by atoms with van der Waals surface area (Å²) in [6, 6.07) is 3.88. The number of methoxy groups -OCH3 is 2. The van der Waals surface area contributed by atoms with Crippen LogP contribution in [0.2, 0.25) is 0 Å². The Balaban J connectivity index is 2.67. The summed E-state index contributed by atoms with van der Waals surface area (Å²) in [5.41, 5.74) is 1.86. The van der Waals surface area contributed by atoms with Gasteiger partial charge in [0, 0.05) is 51.7 Å². The topological polar surface area (TPSA) is 52.5 Å². The van der Waals surface area contributed by atoms with E-state index >= 15 is 0 Å². The molecule has 0 radical (unpaired) electrons. The van der Waals surface area contributed by atoms with Crippen molar-refractivity contribution in [2.45, 2.75) is 26.4 Å². The SMILES string of the molecule is COCCCn1c(C)ccc(CNCCOC)c1=O. The van der Waals surface area contributed by atoms with Crippen LogP contribution in [0, 0.1) is 6.92 Å². The largest absolute Gasteiger partial charge is 0.385 e. The van der Waals surface area contributed by atoms with E-state index in [0.717, 1.165) is 24.2 Å². The maximum atomic E-state index is 12.3. The highest BCUT2D eigenvalue weighted by Crippen LogP contribution is 2.00. The summed E-state index contributed by atoms with van der Waals surface area (Å²) in [7, 11) is 3.34. The molecule has 1 aromatic heterocycles. The summed E-state index contributed by atoms with van der Waals surface area (Å²) >= 11 is 0. The molecule has 5 nitrogen and oxygen atoms in total. The molecule has 0 amide bonds. The van der Waals surface area contributed by atoms with Crippen molar-refractivity contribution in [3.63, 3.8) is 0 Å². The highest BCUT2D eigenvalue weighted by atomic mass is 16.5. The molecule has 0 saturated carbocycles. The van der Waals surface area contributed by atoms with Crippen molar-refractivity contribution in [3.05, 3.63) is 33.7 Å². The van der Waals surface area contributed by atoms with E-state index in [1.54, 1.807) is 14.2 Å². The molecule has 108 valence electrons. The van der Waals surface area contributed by atoms with Crippen LogP contribution < -0.4 is 10.9 Å². The summed E-state index contributed by atoms with van der Waals surface area (Å²) in [5.74, 6) is 0. The van der Waals surface area contributed by atoms with Crippen LogP contribution in [0.3, 0.4) is 0 Å². The van der Waals surface area contributed by atoms with Crippen molar-refractivity contribution in [3.8, 4) is 0 Å². The maximum Gasteiger partial charge on any atom is 0.255 e. The Hall–Kier alpha value is -1.17. The number of pyridine rings is 1. The van der Waals surface area contributed by atoms with Crippen molar-refractivity contribution >= 4 is 0 Å². The lowest BCUT2D eigenvalue weighted by molar-refractivity contribution is 0.189. The monoisotopic (exact) mass is 268 g/mol. The molecule has 1 N–H and O–H groups in total. The molecule has 0 aliphatic rings. The van der Waals surface area contributed by atoms with E-state index < -0.39 is 0 Å². The van der Waals surface area contributed by atoms with Crippen molar-refractivity contribution in [1.82, 2.24) is 9.88 Å². The van der Waals surface area contributed by atoms with Gasteiger partial charge in [-0.25, -0.2) is 0 Å². The number of nitrogens with zero attached hydrogens (tertiary/aromatic N) is 1. The highest BCUT2D eigenvalue weighted by molar-refractivity contribution is 5.15. The first-order chi connectivity index (χ1) is 9.20. The second-order valence-electron chi connectivity index (χ2n) is 4.47. The lowest BCUT2D eigenvalue weighted by atomic mass is 10.2. The molecule has 0 fully saturated rings. The van der Waals surface area contributed by atoms with E-state index in [0.29, 0.717) is 26.3 Å². The lowest BCUT2D eigenvalue weighted by Gasteiger charge is -2.12. The fraction of sp³-hybridized carbons (Fsp3) is 0.643. The van der Waals surface area contributed by atoms with Gasteiger partial charge in [0.05, 0.1) is 6.61 Å². The molecule has 0 saturated heterocycles. The third-order valence-corrected chi connectivity index (χ3v) is 3.00. The predicted octanol–water partition coefficient (Wildman–Crippen LogP) is 0.929. The highest BCUT2D eigenvalue weighted by Gasteiger charge is 2.05. The number of aromatic nitrogens is 1. The summed E-state index contributed by atoms with van der Waals surface area (Å²) in [5, 5.41) is 3.19. The van der Waals surface area contributed by atoms with Crippen LogP contribution in [-0.2, 0) is 22.6 Å². The minimum Gasteiger partial charge on any atom is -0.385 e. The first kappa shape index (κ1) is 15.9. The average Bonchev–Trinajstić information content (AvgIpc) is 2.41. The molecule has 1 rings (SSSR count). The van der Waals surface area contributed by atoms with Crippen molar-refractivity contribution in [2.24, 2.45) is 0 Å². The van der Waals surface area contributed by atoms with Crippen LogP contribution in [0.4, 0.5) is 0 Å². The summed E-state index contributed by atoms with van der Waals surface area (Å²) in [6.07, 6.45) is 0.845. The maximum absolute atomic E-state index is 12.3. The predicted molar refractivity (Wildman–Crippen MR) is 75.5 cm³/mol. The summed E-state index contributed by atoms with van der Waals surface area (Å²) in [6.45, 7) is 5.29. The Kier molecular flexibility index (Phi) is 7.40. The van der Waals surface area contributed by atoms with Gasteiger partial charge in [0.25, 0.3) is 5.56 Å². The van der Waals surface area contributed by atoms with Crippen LogP contribution in [-0.4, -0.2) is 38.5 Å². The first-order valence-corrected chi connectivity index (χ1v) is 6.58. The van der Waals surface area contributed by atoms with Crippen LogP contribution in [0.5, 0.6) is 0 Å². The van der Waals surface area contributed by atoms with Crippen LogP contribution in [0.1, 0.15) is 17.7 Å². The molecule has 0 unspecified atom stereocenters. The van der Waals surface area contributed by atoms with Gasteiger partial charge in [-0.2, -0.15) is 0 Å². The Morgan fingerprint density at radius 1 is 1.21 bits per heavy atom. The zero-order valence-corrected chi connectivity index (χ0v) is 12.1. The number of aryl methyl sites for hydroxylation is 1. The van der Waals surface area contributed by atoms with Gasteiger partial charge < -0.3 is 19.4 Å². The molecule has 0 atom stereocenters. The lowest BCUT2D eigenvalue weighted by Crippen LogP contribution is -2.29. The Morgan fingerprint density at radius 2 is 1.95 bits per heavy atom. The molecule has 0 aromatic carbocycles. The third kappa shape index (κ3) is 5.14. The minimum absolute atomic E-state index is 0.0843.